The third-order valence-corrected chi connectivity index (χ3v) is 3.98. The SMILES string of the molecule is CCCCCCCCCCCCCCCCCC(=O)[O-].[Fe+2].[Mg+2].[O-2]. The minimum absolute atomic E-state index is 0. The third-order valence-electron chi connectivity index (χ3n) is 3.98. The summed E-state index contributed by atoms with van der Waals surface area (Å²) in [6.07, 6.45) is 19.9. The van der Waals surface area contributed by atoms with E-state index < -0.39 is 5.97 Å². The van der Waals surface area contributed by atoms with E-state index >= 15 is 0 Å². The minimum Gasteiger partial charge on any atom is -2.00 e. The molecule has 0 radical (unpaired) electrons. The maximum Gasteiger partial charge on any atom is 2.00 e. The van der Waals surface area contributed by atoms with Gasteiger partial charge in [-0.2, -0.15) is 0 Å². The van der Waals surface area contributed by atoms with Gasteiger partial charge in [0.25, 0.3) is 0 Å². The van der Waals surface area contributed by atoms with Crippen LogP contribution < -0.4 is 5.11 Å². The number of rotatable bonds is 16. The summed E-state index contributed by atoms with van der Waals surface area (Å²) >= 11 is 0. The summed E-state index contributed by atoms with van der Waals surface area (Å²) in [4.78, 5) is 10.2. The number of carbonyl (C=O) groups excluding carboxylic acids is 1. The first-order chi connectivity index (χ1) is 9.77. The molecule has 0 saturated heterocycles. The van der Waals surface area contributed by atoms with E-state index in [0.29, 0.717) is 0 Å². The molecular formula is C18H35FeMgO3+. The molecule has 0 aliphatic rings. The fourth-order valence-electron chi connectivity index (χ4n) is 2.64. The van der Waals surface area contributed by atoms with Crippen molar-refractivity contribution >= 4 is 29.0 Å². The summed E-state index contributed by atoms with van der Waals surface area (Å²) in [5, 5.41) is 10.2. The second-order valence-corrected chi connectivity index (χ2v) is 6.07. The molecule has 0 rings (SSSR count). The quantitative estimate of drug-likeness (QED) is 0.293. The fraction of sp³-hybridized carbons (Fsp3) is 0.944. The Morgan fingerprint density at radius 2 is 0.913 bits per heavy atom. The molecule has 23 heavy (non-hydrogen) atoms. The van der Waals surface area contributed by atoms with Gasteiger partial charge in [0.05, 0.1) is 0 Å². The van der Waals surface area contributed by atoms with Crippen LogP contribution in [-0.4, -0.2) is 29.0 Å². The monoisotopic (exact) mass is 379 g/mol. The van der Waals surface area contributed by atoms with E-state index in [-0.39, 0.29) is 52.0 Å². The van der Waals surface area contributed by atoms with E-state index in [1.165, 1.54) is 83.5 Å². The summed E-state index contributed by atoms with van der Waals surface area (Å²) in [5.41, 5.74) is 0. The van der Waals surface area contributed by atoms with Crippen molar-refractivity contribution in [1.29, 1.82) is 0 Å². The molecule has 0 amide bonds. The summed E-state index contributed by atoms with van der Waals surface area (Å²) in [5.74, 6) is -0.903. The van der Waals surface area contributed by atoms with Crippen molar-refractivity contribution in [3.8, 4) is 0 Å². The van der Waals surface area contributed by atoms with Gasteiger partial charge in [0.2, 0.25) is 0 Å². The van der Waals surface area contributed by atoms with E-state index in [9.17, 15) is 9.90 Å². The van der Waals surface area contributed by atoms with Gasteiger partial charge in [-0.3, -0.25) is 0 Å². The number of aliphatic carboxylic acids is 1. The molecule has 0 N–H and O–H groups in total. The largest absolute Gasteiger partial charge is 2.00 e. The van der Waals surface area contributed by atoms with Crippen LogP contribution in [-0.2, 0) is 27.3 Å². The molecule has 3 nitrogen and oxygen atoms in total. The molecule has 0 aliphatic carbocycles. The molecule has 0 unspecified atom stereocenters. The van der Waals surface area contributed by atoms with Crippen molar-refractivity contribution in [2.75, 3.05) is 0 Å². The van der Waals surface area contributed by atoms with E-state index in [0.717, 1.165) is 12.8 Å². The molecule has 0 saturated carbocycles. The molecule has 134 valence electrons. The third kappa shape index (κ3) is 31.1. The van der Waals surface area contributed by atoms with Crippen LogP contribution in [0.2, 0.25) is 0 Å². The van der Waals surface area contributed by atoms with Crippen LogP contribution in [0.3, 0.4) is 0 Å². The Bertz CT molecular complexity index is 216. The molecule has 0 fully saturated rings. The Kier molecular flexibility index (Phi) is 37.7. The fourth-order valence-corrected chi connectivity index (χ4v) is 2.64. The Morgan fingerprint density at radius 3 is 1.17 bits per heavy atom. The summed E-state index contributed by atoms with van der Waals surface area (Å²) in [7, 11) is 0. The summed E-state index contributed by atoms with van der Waals surface area (Å²) < 4.78 is 0. The standard InChI is InChI=1S/C18H36O2.Fe.Mg.O/c1-2-3-4-5-6-7-8-9-10-11-12-13-14-15-16-17-18(19)20;;;/h2-17H2,1H3,(H,19,20);;;/q;2*+2;-2/p-1. The van der Waals surface area contributed by atoms with Crippen molar-refractivity contribution in [1.82, 2.24) is 0 Å². The zero-order chi connectivity index (χ0) is 14.9. The Balaban J connectivity index is -0.000000602. The molecule has 0 aromatic rings. The minimum atomic E-state index is -0.903. The molecule has 0 atom stereocenters. The average molecular weight is 380 g/mol. The van der Waals surface area contributed by atoms with Gasteiger partial charge in [0.15, 0.2) is 0 Å². The van der Waals surface area contributed by atoms with Gasteiger partial charge in [0.1, 0.15) is 0 Å². The Labute approximate surface area is 170 Å². The molecular weight excluding hydrogens is 344 g/mol. The van der Waals surface area contributed by atoms with E-state index in [2.05, 4.69) is 6.92 Å². The van der Waals surface area contributed by atoms with Crippen LogP contribution in [0.15, 0.2) is 0 Å². The van der Waals surface area contributed by atoms with Gasteiger partial charge in [-0.15, -0.1) is 0 Å². The molecule has 5 heteroatoms. The van der Waals surface area contributed by atoms with Crippen LogP contribution in [0.1, 0.15) is 110 Å². The van der Waals surface area contributed by atoms with Gasteiger partial charge >= 0.3 is 40.1 Å². The maximum atomic E-state index is 10.2. The predicted octanol–water partition coefficient (Wildman–Crippen LogP) is 4.50. The van der Waals surface area contributed by atoms with Crippen LogP contribution >= 0.6 is 0 Å². The number of hydrogen-bond donors (Lipinski definition) is 0. The number of carboxylic acid groups (broad SMARTS) is 1. The Morgan fingerprint density at radius 1 is 0.652 bits per heavy atom. The predicted molar refractivity (Wildman–Crippen MR) is 91.0 cm³/mol. The van der Waals surface area contributed by atoms with Crippen molar-refractivity contribution in [3.63, 3.8) is 0 Å². The first-order valence-corrected chi connectivity index (χ1v) is 8.97. The second kappa shape index (κ2) is 27.6. The number of hydrogen-bond acceptors (Lipinski definition) is 2. The molecule has 0 aromatic carbocycles. The number of carboxylic acids is 1. The van der Waals surface area contributed by atoms with Crippen molar-refractivity contribution in [2.24, 2.45) is 0 Å². The van der Waals surface area contributed by atoms with Crippen LogP contribution in [0.4, 0.5) is 0 Å². The number of carbonyl (C=O) groups is 1. The molecule has 0 aliphatic heterocycles. The van der Waals surface area contributed by atoms with Crippen LogP contribution in [0.5, 0.6) is 0 Å². The first-order valence-electron chi connectivity index (χ1n) is 8.97. The zero-order valence-electron chi connectivity index (χ0n) is 15.1. The van der Waals surface area contributed by atoms with Gasteiger partial charge < -0.3 is 15.4 Å². The molecule has 0 spiro atoms. The Hall–Kier alpha value is 0.716. The average Bonchev–Trinajstić information content (AvgIpc) is 2.43. The van der Waals surface area contributed by atoms with E-state index in [4.69, 9.17) is 0 Å². The van der Waals surface area contributed by atoms with Crippen LogP contribution in [0.25, 0.3) is 0 Å². The zero-order valence-corrected chi connectivity index (χ0v) is 17.6. The van der Waals surface area contributed by atoms with Gasteiger partial charge in [-0.05, 0) is 12.8 Å². The summed E-state index contributed by atoms with van der Waals surface area (Å²) in [6, 6.07) is 0. The molecule has 0 bridgehead atoms. The van der Waals surface area contributed by atoms with E-state index in [1.54, 1.807) is 0 Å². The second-order valence-electron chi connectivity index (χ2n) is 6.07. The van der Waals surface area contributed by atoms with Crippen LogP contribution in [0, 0.1) is 0 Å². The van der Waals surface area contributed by atoms with E-state index in [1.807, 2.05) is 0 Å². The first kappa shape index (κ1) is 31.5. The van der Waals surface area contributed by atoms with Crippen molar-refractivity contribution in [2.45, 2.75) is 110 Å². The van der Waals surface area contributed by atoms with Crippen molar-refractivity contribution < 1.29 is 32.4 Å². The number of unbranched alkanes of at least 4 members (excludes halogenated alkanes) is 14. The maximum absolute atomic E-state index is 10.2. The normalized spacial score (nSPS) is 9.43. The van der Waals surface area contributed by atoms with Gasteiger partial charge in [0, 0.05) is 5.97 Å². The van der Waals surface area contributed by atoms with Crippen molar-refractivity contribution in [3.05, 3.63) is 0 Å². The van der Waals surface area contributed by atoms with Gasteiger partial charge in [-0.25, -0.2) is 0 Å². The topological polar surface area (TPSA) is 68.6 Å². The smallest absolute Gasteiger partial charge is 2.00 e. The molecule has 0 aromatic heterocycles. The van der Waals surface area contributed by atoms with Gasteiger partial charge in [-0.1, -0.05) is 96.8 Å². The molecule has 0 heterocycles. The summed E-state index contributed by atoms with van der Waals surface area (Å²) in [6.45, 7) is 2.27.